The van der Waals surface area contributed by atoms with E-state index in [2.05, 4.69) is 68.7 Å². The number of aryl methyl sites for hydroxylation is 1. The molecule has 0 aromatic heterocycles. The molecule has 1 saturated heterocycles. The van der Waals surface area contributed by atoms with E-state index in [1.165, 1.54) is 51.4 Å². The Morgan fingerprint density at radius 2 is 1.89 bits per heavy atom. The van der Waals surface area contributed by atoms with Crippen LogP contribution in [0.4, 0.5) is 5.69 Å². The minimum absolute atomic E-state index is 0.281. The molecule has 5 nitrogen and oxygen atoms in total. The third kappa shape index (κ3) is 11.8. The lowest BCUT2D eigenvalue weighted by Crippen LogP contribution is -2.38. The number of unbranched alkanes of at least 4 members (excludes halogenated alkanes) is 6. The van der Waals surface area contributed by atoms with E-state index in [1.807, 2.05) is 23.1 Å². The van der Waals surface area contributed by atoms with Gasteiger partial charge in [0.1, 0.15) is 0 Å². The number of hydrogen-bond acceptors (Lipinski definition) is 3. The van der Waals surface area contributed by atoms with Crippen LogP contribution in [0.5, 0.6) is 0 Å². The number of anilines is 1. The van der Waals surface area contributed by atoms with Crippen molar-refractivity contribution in [3.63, 3.8) is 0 Å². The highest BCUT2D eigenvalue weighted by Gasteiger charge is 2.27. The van der Waals surface area contributed by atoms with Crippen molar-refractivity contribution in [3.8, 4) is 6.07 Å². The number of nitriles is 1. The normalized spacial score (nSPS) is 17.3. The molecule has 1 aromatic rings. The maximum atomic E-state index is 9.43. The van der Waals surface area contributed by atoms with Crippen LogP contribution in [0.3, 0.4) is 0 Å². The molecule has 208 valence electrons. The number of nitrogens with one attached hydrogen (secondary N) is 2. The van der Waals surface area contributed by atoms with Crippen LogP contribution in [-0.4, -0.2) is 35.1 Å². The highest BCUT2D eigenvalue weighted by atomic mass is 32.1. The SMILES string of the molecule is CCCCCC/C=C/C/C=C/CCCCC(C)CN=C1NC(C)CN1C(=S)Nc1ccc(CC)c(C#N)c1. The second kappa shape index (κ2) is 18.6. The van der Waals surface area contributed by atoms with Crippen molar-refractivity contribution >= 4 is 29.0 Å². The Labute approximate surface area is 237 Å². The van der Waals surface area contributed by atoms with Crippen molar-refractivity contribution < 1.29 is 0 Å². The monoisotopic (exact) mass is 535 g/mol. The molecule has 0 amide bonds. The number of guanidine groups is 1. The molecule has 2 atom stereocenters. The van der Waals surface area contributed by atoms with Crippen molar-refractivity contribution in [1.29, 1.82) is 5.26 Å². The first kappa shape index (κ1) is 31.6. The van der Waals surface area contributed by atoms with E-state index >= 15 is 0 Å². The summed E-state index contributed by atoms with van der Waals surface area (Å²) in [7, 11) is 0. The van der Waals surface area contributed by atoms with Gasteiger partial charge in [-0.05, 0) is 87.7 Å². The first-order chi connectivity index (χ1) is 18.5. The van der Waals surface area contributed by atoms with Crippen LogP contribution in [0.1, 0.15) is 103 Å². The first-order valence-corrected chi connectivity index (χ1v) is 15.1. The van der Waals surface area contributed by atoms with E-state index in [9.17, 15) is 5.26 Å². The smallest absolute Gasteiger partial charge is 0.200 e. The van der Waals surface area contributed by atoms with E-state index < -0.39 is 0 Å². The molecule has 1 aliphatic heterocycles. The van der Waals surface area contributed by atoms with Gasteiger partial charge in [-0.25, -0.2) is 0 Å². The van der Waals surface area contributed by atoms with E-state index in [0.717, 1.165) is 49.6 Å². The molecule has 0 saturated carbocycles. The highest BCUT2D eigenvalue weighted by Crippen LogP contribution is 2.18. The van der Waals surface area contributed by atoms with Gasteiger partial charge in [0.25, 0.3) is 0 Å². The van der Waals surface area contributed by atoms with Gasteiger partial charge in [-0.2, -0.15) is 5.26 Å². The predicted molar refractivity (Wildman–Crippen MR) is 168 cm³/mol. The van der Waals surface area contributed by atoms with Crippen LogP contribution < -0.4 is 10.6 Å². The minimum Gasteiger partial charge on any atom is -0.352 e. The number of benzene rings is 1. The average molecular weight is 536 g/mol. The zero-order valence-electron chi connectivity index (χ0n) is 24.1. The fourth-order valence-electron chi connectivity index (χ4n) is 4.56. The zero-order chi connectivity index (χ0) is 27.6. The molecule has 0 bridgehead atoms. The molecule has 0 radical (unpaired) electrons. The summed E-state index contributed by atoms with van der Waals surface area (Å²) in [5.41, 5.74) is 2.58. The molecule has 1 aromatic carbocycles. The van der Waals surface area contributed by atoms with Crippen LogP contribution in [0, 0.1) is 17.2 Å². The topological polar surface area (TPSA) is 63.5 Å². The quantitative estimate of drug-likeness (QED) is 0.127. The summed E-state index contributed by atoms with van der Waals surface area (Å²) in [4.78, 5) is 6.93. The Bertz CT molecular complexity index is 975. The maximum absolute atomic E-state index is 9.43. The largest absolute Gasteiger partial charge is 0.352 e. The molecule has 2 rings (SSSR count). The number of hydrogen-bond donors (Lipinski definition) is 2. The number of aliphatic imine (C=N–C) groups is 1. The van der Waals surface area contributed by atoms with E-state index in [-0.39, 0.29) is 6.04 Å². The molecule has 2 unspecified atom stereocenters. The predicted octanol–water partition coefficient (Wildman–Crippen LogP) is 8.14. The second-order valence-corrected chi connectivity index (χ2v) is 10.9. The number of nitrogens with zero attached hydrogens (tertiary/aromatic N) is 3. The summed E-state index contributed by atoms with van der Waals surface area (Å²) in [5, 5.41) is 16.8. The van der Waals surface area contributed by atoms with Crippen molar-refractivity contribution in [1.82, 2.24) is 10.2 Å². The second-order valence-electron chi connectivity index (χ2n) is 10.5. The van der Waals surface area contributed by atoms with Crippen molar-refractivity contribution in [2.45, 2.75) is 104 Å². The van der Waals surface area contributed by atoms with Crippen molar-refractivity contribution in [2.24, 2.45) is 10.9 Å². The lowest BCUT2D eigenvalue weighted by molar-refractivity contribution is 0.507. The van der Waals surface area contributed by atoms with E-state index in [0.29, 0.717) is 16.6 Å². The molecule has 0 spiro atoms. The van der Waals surface area contributed by atoms with Gasteiger partial charge in [0.2, 0.25) is 5.96 Å². The van der Waals surface area contributed by atoms with Crippen LogP contribution in [0.15, 0.2) is 47.5 Å². The van der Waals surface area contributed by atoms with Crippen molar-refractivity contribution in [2.75, 3.05) is 18.4 Å². The lowest BCUT2D eigenvalue weighted by atomic mass is 10.0. The Balaban J connectivity index is 1.70. The molecule has 0 aliphatic carbocycles. The summed E-state index contributed by atoms with van der Waals surface area (Å²) in [6, 6.07) is 8.42. The summed E-state index contributed by atoms with van der Waals surface area (Å²) in [6.07, 6.45) is 22.5. The molecule has 1 heterocycles. The average Bonchev–Trinajstić information content (AvgIpc) is 3.30. The molecular weight excluding hydrogens is 486 g/mol. The Morgan fingerprint density at radius 1 is 1.16 bits per heavy atom. The van der Waals surface area contributed by atoms with E-state index in [4.69, 9.17) is 17.2 Å². The third-order valence-electron chi connectivity index (χ3n) is 6.90. The first-order valence-electron chi connectivity index (χ1n) is 14.7. The number of allylic oxidation sites excluding steroid dienone is 4. The maximum Gasteiger partial charge on any atom is 0.200 e. The summed E-state index contributed by atoms with van der Waals surface area (Å²) >= 11 is 5.71. The van der Waals surface area contributed by atoms with Crippen LogP contribution in [-0.2, 0) is 6.42 Å². The number of rotatable bonds is 16. The van der Waals surface area contributed by atoms with Gasteiger partial charge < -0.3 is 10.6 Å². The van der Waals surface area contributed by atoms with Crippen LogP contribution >= 0.6 is 12.2 Å². The molecule has 6 heteroatoms. The summed E-state index contributed by atoms with van der Waals surface area (Å²) in [5.74, 6) is 1.37. The summed E-state index contributed by atoms with van der Waals surface area (Å²) < 4.78 is 0. The lowest BCUT2D eigenvalue weighted by Gasteiger charge is -2.20. The number of thiocarbonyl (C=S) groups is 1. The van der Waals surface area contributed by atoms with E-state index in [1.54, 1.807) is 0 Å². The van der Waals surface area contributed by atoms with Gasteiger partial charge in [-0.3, -0.25) is 9.89 Å². The van der Waals surface area contributed by atoms with Gasteiger partial charge in [0, 0.05) is 24.8 Å². The van der Waals surface area contributed by atoms with Gasteiger partial charge >= 0.3 is 0 Å². The molecular formula is C32H49N5S. The fourth-order valence-corrected chi connectivity index (χ4v) is 4.84. The van der Waals surface area contributed by atoms with Gasteiger partial charge in [0.05, 0.1) is 11.6 Å². The van der Waals surface area contributed by atoms with Gasteiger partial charge in [-0.1, -0.05) is 76.8 Å². The minimum atomic E-state index is 0.281. The highest BCUT2D eigenvalue weighted by molar-refractivity contribution is 7.80. The standard InChI is InChI=1S/C32H49N5S/c1-5-7-8-9-10-11-12-13-14-15-16-17-18-19-26(3)24-34-31-35-27(4)25-37(31)32(38)36-30-21-20-28(6-2)29(22-30)23-33/h11-12,14-15,20-22,26-27H,5-10,13,16-19,24-25H2,1-4H3,(H,34,35)(H,36,38)/b12-11+,15-14+. The molecule has 2 N–H and O–H groups in total. The fraction of sp³-hybridized carbons (Fsp3) is 0.594. The van der Waals surface area contributed by atoms with Crippen LogP contribution in [0.25, 0.3) is 0 Å². The van der Waals surface area contributed by atoms with Crippen LogP contribution in [0.2, 0.25) is 0 Å². The molecule has 1 fully saturated rings. The van der Waals surface area contributed by atoms with Gasteiger partial charge in [0.15, 0.2) is 5.11 Å². The third-order valence-corrected chi connectivity index (χ3v) is 7.22. The van der Waals surface area contributed by atoms with Gasteiger partial charge in [-0.15, -0.1) is 0 Å². The Hall–Kier alpha value is -2.65. The Kier molecular flexibility index (Phi) is 15.4. The zero-order valence-corrected chi connectivity index (χ0v) is 25.0. The molecule has 38 heavy (non-hydrogen) atoms. The summed E-state index contributed by atoms with van der Waals surface area (Å²) in [6.45, 7) is 10.3. The molecule has 1 aliphatic rings. The Morgan fingerprint density at radius 3 is 2.58 bits per heavy atom. The van der Waals surface area contributed by atoms with Crippen molar-refractivity contribution in [3.05, 3.63) is 53.6 Å².